The molecule has 3 N–H and O–H groups in total. The molecule has 9 heteroatoms. The second-order valence-corrected chi connectivity index (χ2v) is 13.8. The molecule has 1 heterocycles. The number of carbonyl (C=O) groups excluding carboxylic acids is 2. The van der Waals surface area contributed by atoms with Crippen LogP contribution >= 0.6 is 0 Å². The van der Waals surface area contributed by atoms with Crippen molar-refractivity contribution in [3.63, 3.8) is 0 Å². The Labute approximate surface area is 265 Å². The molecule has 1 aromatic carbocycles. The van der Waals surface area contributed by atoms with Crippen molar-refractivity contribution in [2.45, 2.75) is 97.6 Å². The molecule has 1 aliphatic carbocycles. The molecule has 0 spiro atoms. The zero-order valence-electron chi connectivity index (χ0n) is 28.3. The van der Waals surface area contributed by atoms with E-state index < -0.39 is 12.0 Å². The lowest BCUT2D eigenvalue weighted by atomic mass is 9.87. The fourth-order valence-electron chi connectivity index (χ4n) is 5.91. The third-order valence-electron chi connectivity index (χ3n) is 8.39. The average molecular weight is 615 g/mol. The standard InChI is InChI=1S/C35H58N4O5/c1-25(2)17-18-37-32(40)27-20-28(23-38(22-27)34(43-7)44-35(3,4)5)33(41)39(30-15-16-30)24-29(21-36)31-14-9-8-12-26(31)13-10-11-19-42-6/h8-9,12,14,21,25,27-28,30,34H,10-11,13,15-20,22-24,36H2,1-7H3,(H,37,40)/b29-21-/t27-,28+,34?/m0/s1. The molecule has 1 saturated heterocycles. The number of hydrogen-bond donors (Lipinski definition) is 2. The molecule has 2 amide bonds. The van der Waals surface area contributed by atoms with Gasteiger partial charge in [0, 0.05) is 53.0 Å². The van der Waals surface area contributed by atoms with Gasteiger partial charge in [0.1, 0.15) is 0 Å². The summed E-state index contributed by atoms with van der Waals surface area (Å²) in [5.74, 6) is -0.154. The summed E-state index contributed by atoms with van der Waals surface area (Å²) in [5, 5.41) is 3.12. The van der Waals surface area contributed by atoms with E-state index >= 15 is 0 Å². The van der Waals surface area contributed by atoms with Crippen molar-refractivity contribution in [2.75, 3.05) is 47.0 Å². The minimum absolute atomic E-state index is 0.0123. The predicted molar refractivity (Wildman–Crippen MR) is 175 cm³/mol. The largest absolute Gasteiger partial charge is 0.404 e. The maximum atomic E-state index is 14.4. The number of piperidine rings is 1. The number of aryl methyl sites for hydroxylation is 1. The van der Waals surface area contributed by atoms with Crippen molar-refractivity contribution in [2.24, 2.45) is 23.5 Å². The van der Waals surface area contributed by atoms with Crippen LogP contribution in [-0.4, -0.2) is 86.7 Å². The highest BCUT2D eigenvalue weighted by Gasteiger charge is 2.43. The van der Waals surface area contributed by atoms with Gasteiger partial charge in [0.15, 0.2) is 0 Å². The maximum Gasteiger partial charge on any atom is 0.227 e. The van der Waals surface area contributed by atoms with E-state index in [1.54, 1.807) is 20.4 Å². The number of nitrogens with zero attached hydrogens (tertiary/aromatic N) is 2. The van der Waals surface area contributed by atoms with Gasteiger partial charge in [0.25, 0.3) is 0 Å². The molecule has 0 radical (unpaired) electrons. The van der Waals surface area contributed by atoms with E-state index in [1.807, 2.05) is 36.6 Å². The van der Waals surface area contributed by atoms with Crippen LogP contribution in [0, 0.1) is 17.8 Å². The highest BCUT2D eigenvalue weighted by atomic mass is 16.7. The van der Waals surface area contributed by atoms with Crippen LogP contribution in [0.2, 0.25) is 0 Å². The molecule has 1 unspecified atom stereocenters. The number of nitrogens with two attached hydrogens (primary N) is 1. The van der Waals surface area contributed by atoms with Crippen molar-refractivity contribution < 1.29 is 23.8 Å². The lowest BCUT2D eigenvalue weighted by molar-refractivity contribution is -0.260. The maximum absolute atomic E-state index is 14.4. The minimum atomic E-state index is -0.657. The van der Waals surface area contributed by atoms with Crippen LogP contribution in [0.3, 0.4) is 0 Å². The molecular weight excluding hydrogens is 556 g/mol. The third-order valence-corrected chi connectivity index (χ3v) is 8.39. The summed E-state index contributed by atoms with van der Waals surface area (Å²) in [6, 6.07) is 8.53. The minimum Gasteiger partial charge on any atom is -0.404 e. The van der Waals surface area contributed by atoms with Crippen LogP contribution in [0.25, 0.3) is 5.57 Å². The fourth-order valence-corrected chi connectivity index (χ4v) is 5.91. The predicted octanol–water partition coefficient (Wildman–Crippen LogP) is 4.79. The highest BCUT2D eigenvalue weighted by Crippen LogP contribution is 2.34. The Morgan fingerprint density at radius 1 is 1.11 bits per heavy atom. The smallest absolute Gasteiger partial charge is 0.227 e. The average Bonchev–Trinajstić information content (AvgIpc) is 3.83. The topological polar surface area (TPSA) is 106 Å². The molecule has 3 rings (SSSR count). The first-order chi connectivity index (χ1) is 21.0. The number of carbonyl (C=O) groups is 2. The number of ether oxygens (including phenoxy) is 3. The van der Waals surface area contributed by atoms with E-state index in [9.17, 15) is 9.59 Å². The quantitative estimate of drug-likeness (QED) is 0.192. The van der Waals surface area contributed by atoms with Crippen LogP contribution in [-0.2, 0) is 30.2 Å². The van der Waals surface area contributed by atoms with E-state index in [2.05, 4.69) is 37.4 Å². The van der Waals surface area contributed by atoms with E-state index in [0.29, 0.717) is 38.5 Å². The van der Waals surface area contributed by atoms with Crippen molar-refractivity contribution in [1.82, 2.24) is 15.1 Å². The number of benzene rings is 1. The summed E-state index contributed by atoms with van der Waals surface area (Å²) >= 11 is 0. The first-order valence-electron chi connectivity index (χ1n) is 16.5. The van der Waals surface area contributed by atoms with Crippen molar-refractivity contribution in [3.8, 4) is 0 Å². The van der Waals surface area contributed by atoms with Crippen LogP contribution in [0.1, 0.15) is 84.3 Å². The molecule has 2 fully saturated rings. The van der Waals surface area contributed by atoms with E-state index in [4.69, 9.17) is 19.9 Å². The van der Waals surface area contributed by atoms with E-state index in [-0.39, 0.29) is 29.7 Å². The number of nitrogens with one attached hydrogen (secondary N) is 1. The van der Waals surface area contributed by atoms with Gasteiger partial charge in [0.2, 0.25) is 18.2 Å². The molecule has 2 aliphatic rings. The first-order valence-corrected chi connectivity index (χ1v) is 16.5. The van der Waals surface area contributed by atoms with Gasteiger partial charge >= 0.3 is 0 Å². The number of likely N-dealkylation sites (tertiary alicyclic amines) is 1. The summed E-state index contributed by atoms with van der Waals surface area (Å²) in [4.78, 5) is 31.8. The Morgan fingerprint density at radius 2 is 1.82 bits per heavy atom. The zero-order chi connectivity index (χ0) is 32.3. The molecule has 248 valence electrons. The second-order valence-electron chi connectivity index (χ2n) is 13.8. The highest BCUT2D eigenvalue weighted by molar-refractivity contribution is 5.85. The van der Waals surface area contributed by atoms with Crippen LogP contribution in [0.4, 0.5) is 0 Å². The van der Waals surface area contributed by atoms with Crippen LogP contribution in [0.15, 0.2) is 30.5 Å². The van der Waals surface area contributed by atoms with E-state index in [1.165, 1.54) is 5.56 Å². The number of amides is 2. The van der Waals surface area contributed by atoms with Gasteiger partial charge in [-0.3, -0.25) is 14.5 Å². The molecule has 0 bridgehead atoms. The number of hydrogen-bond acceptors (Lipinski definition) is 7. The molecule has 1 aliphatic heterocycles. The van der Waals surface area contributed by atoms with Gasteiger partial charge in [-0.1, -0.05) is 38.1 Å². The van der Waals surface area contributed by atoms with Crippen molar-refractivity contribution in [3.05, 3.63) is 41.6 Å². The zero-order valence-corrected chi connectivity index (χ0v) is 28.3. The monoisotopic (exact) mass is 614 g/mol. The van der Waals surface area contributed by atoms with Gasteiger partial charge in [-0.2, -0.15) is 0 Å². The lowest BCUT2D eigenvalue weighted by Crippen LogP contribution is -2.56. The molecule has 3 atom stereocenters. The van der Waals surface area contributed by atoms with Crippen molar-refractivity contribution >= 4 is 17.4 Å². The summed E-state index contributed by atoms with van der Waals surface area (Å²) in [7, 11) is 3.34. The summed E-state index contributed by atoms with van der Waals surface area (Å²) in [5.41, 5.74) is 9.07. The van der Waals surface area contributed by atoms with Gasteiger partial charge in [-0.15, -0.1) is 0 Å². The van der Waals surface area contributed by atoms with Gasteiger partial charge in [-0.25, -0.2) is 0 Å². The Hall–Kier alpha value is -2.46. The molecular formula is C35H58N4O5. The summed E-state index contributed by atoms with van der Waals surface area (Å²) in [6.07, 6.45) is 7.30. The number of unbranched alkanes of at least 4 members (excludes halogenated alkanes) is 1. The fraction of sp³-hybridized carbons (Fsp3) is 0.714. The Kier molecular flexibility index (Phi) is 14.2. The van der Waals surface area contributed by atoms with Crippen molar-refractivity contribution in [1.29, 1.82) is 0 Å². The van der Waals surface area contributed by atoms with E-state index in [0.717, 1.165) is 56.3 Å². The lowest BCUT2D eigenvalue weighted by Gasteiger charge is -2.42. The number of methoxy groups -OCH3 is 2. The second kappa shape index (κ2) is 17.3. The Bertz CT molecular complexity index is 1080. The van der Waals surface area contributed by atoms with Gasteiger partial charge in [0.05, 0.1) is 17.4 Å². The number of rotatable bonds is 17. The van der Waals surface area contributed by atoms with Crippen LogP contribution in [0.5, 0.6) is 0 Å². The molecule has 44 heavy (non-hydrogen) atoms. The Balaban J connectivity index is 1.82. The van der Waals surface area contributed by atoms with Gasteiger partial charge < -0.3 is 30.2 Å². The third kappa shape index (κ3) is 11.2. The summed E-state index contributed by atoms with van der Waals surface area (Å²) in [6.45, 7) is 13.0. The van der Waals surface area contributed by atoms with Crippen LogP contribution < -0.4 is 11.1 Å². The molecule has 0 aromatic heterocycles. The normalized spacial score (nSPS) is 20.5. The Morgan fingerprint density at radius 3 is 2.43 bits per heavy atom. The van der Waals surface area contributed by atoms with Gasteiger partial charge in [-0.05, 0) is 94.5 Å². The first kappa shape index (κ1) is 36.0. The molecule has 1 aromatic rings. The SMILES string of the molecule is COCCCCc1ccccc1/C(=C\N)CN(C(=O)[C@@H]1C[C@H](C(=O)NCCC(C)C)CN(C(OC)OC(C)(C)C)C1)C1CC1. The summed E-state index contributed by atoms with van der Waals surface area (Å²) < 4.78 is 17.2. The molecule has 9 nitrogen and oxygen atoms in total. The molecule has 1 saturated carbocycles.